The van der Waals surface area contributed by atoms with E-state index >= 15 is 0 Å². The molecular weight excluding hydrogens is 356 g/mol. The van der Waals surface area contributed by atoms with E-state index in [1.54, 1.807) is 23.9 Å². The third kappa shape index (κ3) is 5.88. The fraction of sp³-hybridized carbons (Fsp3) is 0.278. The first kappa shape index (κ1) is 19.5. The fourth-order valence-corrected chi connectivity index (χ4v) is 3.77. The average molecular weight is 379 g/mol. The standard InChI is InChI=1S/C18H22N2O3S2/c1-13-5-3-4-6-16(13)11-24-12-18(21)20-14(2)15-7-9-17(10-8-15)25(19,22)23/h3-10,14H,11-12H2,1-2H3,(H,20,21)(H2,19,22,23)/t14-/m0/s1. The molecule has 2 aromatic rings. The second kappa shape index (κ2) is 8.51. The molecule has 134 valence electrons. The molecule has 0 spiro atoms. The highest BCUT2D eigenvalue weighted by molar-refractivity contribution is 7.99. The number of rotatable bonds is 7. The van der Waals surface area contributed by atoms with Crippen LogP contribution >= 0.6 is 11.8 Å². The van der Waals surface area contributed by atoms with Gasteiger partial charge >= 0.3 is 0 Å². The summed E-state index contributed by atoms with van der Waals surface area (Å²) in [6.07, 6.45) is 0. The number of carbonyl (C=O) groups is 1. The van der Waals surface area contributed by atoms with Gasteiger partial charge in [-0.3, -0.25) is 4.79 Å². The number of thioether (sulfide) groups is 1. The van der Waals surface area contributed by atoms with E-state index < -0.39 is 10.0 Å². The van der Waals surface area contributed by atoms with Crippen LogP contribution in [0.4, 0.5) is 0 Å². The summed E-state index contributed by atoms with van der Waals surface area (Å²) in [4.78, 5) is 12.1. The number of carbonyl (C=O) groups excluding carboxylic acids is 1. The van der Waals surface area contributed by atoms with Gasteiger partial charge in [-0.2, -0.15) is 0 Å². The Labute approximate surface area is 153 Å². The molecule has 1 amide bonds. The molecule has 0 aliphatic heterocycles. The third-order valence-electron chi connectivity index (χ3n) is 3.84. The highest BCUT2D eigenvalue weighted by Gasteiger charge is 2.12. The summed E-state index contributed by atoms with van der Waals surface area (Å²) in [5, 5.41) is 7.99. The van der Waals surface area contributed by atoms with Crippen molar-refractivity contribution < 1.29 is 13.2 Å². The minimum absolute atomic E-state index is 0.0541. The summed E-state index contributed by atoms with van der Waals surface area (Å²) >= 11 is 1.56. The van der Waals surface area contributed by atoms with Gasteiger partial charge in [-0.05, 0) is 42.7 Å². The van der Waals surface area contributed by atoms with Gasteiger partial charge in [0.1, 0.15) is 0 Å². The SMILES string of the molecule is Cc1ccccc1CSCC(=O)N[C@@H](C)c1ccc(S(N)(=O)=O)cc1. The number of hydrogen-bond acceptors (Lipinski definition) is 4. The van der Waals surface area contributed by atoms with Crippen molar-refractivity contribution in [2.75, 3.05) is 5.75 Å². The molecule has 0 aromatic heterocycles. The Bertz CT molecular complexity index is 834. The molecule has 7 heteroatoms. The lowest BCUT2D eigenvalue weighted by molar-refractivity contribution is -0.119. The van der Waals surface area contributed by atoms with Gasteiger partial charge in [0.05, 0.1) is 16.7 Å². The zero-order valence-corrected chi connectivity index (χ0v) is 15.9. The molecule has 5 nitrogen and oxygen atoms in total. The number of nitrogens with two attached hydrogens (primary N) is 1. The van der Waals surface area contributed by atoms with Gasteiger partial charge in [-0.25, -0.2) is 13.6 Å². The largest absolute Gasteiger partial charge is 0.349 e. The lowest BCUT2D eigenvalue weighted by atomic mass is 10.1. The third-order valence-corrected chi connectivity index (χ3v) is 5.75. The van der Waals surface area contributed by atoms with Gasteiger partial charge in [0, 0.05) is 5.75 Å². The molecule has 0 unspecified atom stereocenters. The first-order chi connectivity index (χ1) is 11.8. The van der Waals surface area contributed by atoms with E-state index in [1.807, 2.05) is 19.1 Å². The van der Waals surface area contributed by atoms with Crippen molar-refractivity contribution in [3.05, 3.63) is 65.2 Å². The molecule has 2 rings (SSSR count). The molecule has 0 saturated carbocycles. The van der Waals surface area contributed by atoms with Crippen LogP contribution in [0.2, 0.25) is 0 Å². The number of aryl methyl sites for hydroxylation is 1. The normalized spacial score (nSPS) is 12.6. The van der Waals surface area contributed by atoms with Gasteiger partial charge in [-0.1, -0.05) is 36.4 Å². The first-order valence-electron chi connectivity index (χ1n) is 7.82. The second-order valence-electron chi connectivity index (χ2n) is 5.82. The molecule has 0 aliphatic carbocycles. The van der Waals surface area contributed by atoms with Crippen molar-refractivity contribution in [3.8, 4) is 0 Å². The number of primary sulfonamides is 1. The van der Waals surface area contributed by atoms with E-state index in [9.17, 15) is 13.2 Å². The molecule has 1 atom stereocenters. The lowest BCUT2D eigenvalue weighted by Crippen LogP contribution is -2.28. The number of amides is 1. The van der Waals surface area contributed by atoms with Crippen LogP contribution in [0.5, 0.6) is 0 Å². The molecule has 2 aromatic carbocycles. The van der Waals surface area contributed by atoms with E-state index in [0.29, 0.717) is 5.75 Å². The summed E-state index contributed by atoms with van der Waals surface area (Å²) in [6.45, 7) is 3.92. The number of hydrogen-bond donors (Lipinski definition) is 2. The minimum Gasteiger partial charge on any atom is -0.349 e. The molecule has 3 N–H and O–H groups in total. The van der Waals surface area contributed by atoms with Crippen LogP contribution in [0.3, 0.4) is 0 Å². The number of benzene rings is 2. The monoisotopic (exact) mass is 378 g/mol. The Morgan fingerprint density at radius 3 is 2.40 bits per heavy atom. The van der Waals surface area contributed by atoms with Gasteiger partial charge in [0.2, 0.25) is 15.9 Å². The van der Waals surface area contributed by atoms with Crippen molar-refractivity contribution in [1.29, 1.82) is 0 Å². The lowest BCUT2D eigenvalue weighted by Gasteiger charge is -2.15. The minimum atomic E-state index is -3.70. The molecule has 0 bridgehead atoms. The Morgan fingerprint density at radius 2 is 1.80 bits per heavy atom. The molecule has 0 aliphatic rings. The van der Waals surface area contributed by atoms with Crippen molar-refractivity contribution in [1.82, 2.24) is 5.32 Å². The second-order valence-corrected chi connectivity index (χ2v) is 8.37. The van der Waals surface area contributed by atoms with E-state index in [4.69, 9.17) is 5.14 Å². The number of nitrogens with one attached hydrogen (secondary N) is 1. The Kier molecular flexibility index (Phi) is 6.64. The van der Waals surface area contributed by atoms with Gasteiger partial charge < -0.3 is 5.32 Å². The maximum absolute atomic E-state index is 12.1. The molecule has 25 heavy (non-hydrogen) atoms. The molecular formula is C18H22N2O3S2. The van der Waals surface area contributed by atoms with Crippen molar-refractivity contribution in [2.24, 2.45) is 5.14 Å². The van der Waals surface area contributed by atoms with E-state index in [1.165, 1.54) is 23.3 Å². The topological polar surface area (TPSA) is 89.3 Å². The maximum atomic E-state index is 12.1. The quantitative estimate of drug-likeness (QED) is 0.775. The molecule has 0 radical (unpaired) electrons. The van der Waals surface area contributed by atoms with Crippen LogP contribution in [0, 0.1) is 6.92 Å². The maximum Gasteiger partial charge on any atom is 0.238 e. The predicted molar refractivity (Wildman–Crippen MR) is 102 cm³/mol. The summed E-state index contributed by atoms with van der Waals surface area (Å²) in [5.74, 6) is 1.10. The van der Waals surface area contributed by atoms with E-state index in [-0.39, 0.29) is 16.8 Å². The van der Waals surface area contributed by atoms with Crippen LogP contribution in [0.15, 0.2) is 53.4 Å². The van der Waals surface area contributed by atoms with Crippen molar-refractivity contribution in [3.63, 3.8) is 0 Å². The predicted octanol–water partition coefficient (Wildman–Crippen LogP) is 2.75. The van der Waals surface area contributed by atoms with Gasteiger partial charge in [0.15, 0.2) is 0 Å². The van der Waals surface area contributed by atoms with E-state index in [0.717, 1.165) is 11.3 Å². The smallest absolute Gasteiger partial charge is 0.238 e. The molecule has 0 heterocycles. The van der Waals surface area contributed by atoms with Crippen LogP contribution in [-0.2, 0) is 20.6 Å². The van der Waals surface area contributed by atoms with E-state index in [2.05, 4.69) is 24.4 Å². The summed E-state index contributed by atoms with van der Waals surface area (Å²) in [5.41, 5.74) is 3.27. The van der Waals surface area contributed by atoms with Crippen LogP contribution in [0.25, 0.3) is 0 Å². The summed E-state index contributed by atoms with van der Waals surface area (Å²) in [7, 11) is -3.70. The van der Waals surface area contributed by atoms with Crippen LogP contribution < -0.4 is 10.5 Å². The Balaban J connectivity index is 1.84. The van der Waals surface area contributed by atoms with Crippen LogP contribution in [-0.4, -0.2) is 20.1 Å². The average Bonchev–Trinajstić information content (AvgIpc) is 2.56. The van der Waals surface area contributed by atoms with Crippen LogP contribution in [0.1, 0.15) is 29.7 Å². The zero-order valence-electron chi connectivity index (χ0n) is 14.2. The molecule has 0 fully saturated rings. The van der Waals surface area contributed by atoms with Gasteiger partial charge in [-0.15, -0.1) is 11.8 Å². The van der Waals surface area contributed by atoms with Gasteiger partial charge in [0.25, 0.3) is 0 Å². The highest BCUT2D eigenvalue weighted by Crippen LogP contribution is 2.18. The van der Waals surface area contributed by atoms with Crippen molar-refractivity contribution >= 4 is 27.7 Å². The Hall–Kier alpha value is -1.83. The van der Waals surface area contributed by atoms with Crippen molar-refractivity contribution in [2.45, 2.75) is 30.5 Å². The summed E-state index contributed by atoms with van der Waals surface area (Å²) in [6, 6.07) is 14.1. The first-order valence-corrected chi connectivity index (χ1v) is 10.5. The fourth-order valence-electron chi connectivity index (χ4n) is 2.34. The summed E-state index contributed by atoms with van der Waals surface area (Å²) < 4.78 is 22.5. The molecule has 0 saturated heterocycles. The highest BCUT2D eigenvalue weighted by atomic mass is 32.2. The Morgan fingerprint density at radius 1 is 1.16 bits per heavy atom. The number of sulfonamides is 1. The zero-order chi connectivity index (χ0) is 18.4.